The Balaban J connectivity index is 1.52. The molecule has 4 amide bonds. The van der Waals surface area contributed by atoms with Gasteiger partial charge < -0.3 is 25.5 Å². The van der Waals surface area contributed by atoms with Crippen molar-refractivity contribution in [3.63, 3.8) is 0 Å². The molecule has 2 heterocycles. The number of urea groups is 1. The lowest BCUT2D eigenvalue weighted by atomic mass is 10.0. The molecule has 2 aromatic carbocycles. The number of rotatable bonds is 4. The fraction of sp³-hybridized carbons (Fsp3) is 0.0833. The number of aromatic nitrogens is 1. The summed E-state index contributed by atoms with van der Waals surface area (Å²) in [5.41, 5.74) is 2.82. The van der Waals surface area contributed by atoms with Gasteiger partial charge in [-0.2, -0.15) is 0 Å². The molecule has 4 rings (SSSR count). The van der Waals surface area contributed by atoms with Gasteiger partial charge >= 0.3 is 12.2 Å². The van der Waals surface area contributed by atoms with E-state index in [1.807, 2.05) is 5.32 Å². The topological polar surface area (TPSA) is 150 Å². The van der Waals surface area contributed by atoms with Crippen molar-refractivity contribution in [3.05, 3.63) is 76.4 Å². The quantitative estimate of drug-likeness (QED) is 0.279. The Kier molecular flexibility index (Phi) is 6.07. The number of aryl methyl sites for hydroxylation is 1. The molecule has 0 fully saturated rings. The molecule has 0 atom stereocenters. The predicted octanol–water partition coefficient (Wildman–Crippen LogP) is 4.28. The molecule has 11 heteroatoms. The first-order chi connectivity index (χ1) is 16.6. The number of hydrogen-bond acceptors (Lipinski definition) is 5. The third-order valence-corrected chi connectivity index (χ3v) is 5.29. The molecular weight excluding hydrogens is 459 g/mol. The van der Waals surface area contributed by atoms with Crippen molar-refractivity contribution >= 4 is 47.0 Å². The van der Waals surface area contributed by atoms with E-state index in [4.69, 9.17) is 9.84 Å². The van der Waals surface area contributed by atoms with Crippen LogP contribution in [0.5, 0.6) is 5.75 Å². The van der Waals surface area contributed by atoms with E-state index < -0.39 is 29.8 Å². The van der Waals surface area contributed by atoms with Crippen LogP contribution in [-0.4, -0.2) is 34.1 Å². The van der Waals surface area contributed by atoms with Gasteiger partial charge in [-0.3, -0.25) is 14.9 Å². The molecule has 10 nitrogen and oxygen atoms in total. The van der Waals surface area contributed by atoms with Crippen LogP contribution in [0.25, 0.3) is 11.6 Å². The number of carboxylic acid groups (broad SMARTS) is 1. The number of amides is 4. The van der Waals surface area contributed by atoms with E-state index >= 15 is 0 Å². The van der Waals surface area contributed by atoms with E-state index in [2.05, 4.69) is 15.6 Å². The van der Waals surface area contributed by atoms with Gasteiger partial charge in [0.25, 0.3) is 11.8 Å². The summed E-state index contributed by atoms with van der Waals surface area (Å²) in [5, 5.41) is 16.1. The molecule has 0 bridgehead atoms. The number of imide groups is 1. The van der Waals surface area contributed by atoms with Crippen LogP contribution < -0.4 is 20.7 Å². The Morgan fingerprint density at radius 2 is 1.86 bits per heavy atom. The number of hydrogen-bond donors (Lipinski definition) is 5. The number of aromatic amines is 1. The number of carbonyl (C=O) groups excluding carboxylic acids is 3. The first-order valence-corrected chi connectivity index (χ1v) is 10.3. The molecule has 1 aromatic heterocycles. The van der Waals surface area contributed by atoms with E-state index in [9.17, 15) is 23.6 Å². The largest absolute Gasteiger partial charge is 0.511 e. The monoisotopic (exact) mass is 478 g/mol. The summed E-state index contributed by atoms with van der Waals surface area (Å²) in [5.74, 6) is -1.89. The van der Waals surface area contributed by atoms with Gasteiger partial charge in [-0.25, -0.2) is 14.0 Å². The highest BCUT2D eigenvalue weighted by molar-refractivity contribution is 6.35. The average molecular weight is 478 g/mol. The molecule has 3 aromatic rings. The Morgan fingerprint density at radius 3 is 2.57 bits per heavy atom. The lowest BCUT2D eigenvalue weighted by Gasteiger charge is -2.08. The van der Waals surface area contributed by atoms with Crippen LogP contribution in [0.4, 0.5) is 25.4 Å². The van der Waals surface area contributed by atoms with E-state index in [1.54, 1.807) is 26.0 Å². The van der Waals surface area contributed by atoms with Gasteiger partial charge in [0, 0.05) is 22.5 Å². The molecule has 1 aliphatic heterocycles. The Labute approximate surface area is 197 Å². The lowest BCUT2D eigenvalue weighted by molar-refractivity contribution is -0.110. The molecule has 0 spiro atoms. The van der Waals surface area contributed by atoms with E-state index in [0.29, 0.717) is 33.8 Å². The number of benzene rings is 2. The zero-order valence-electron chi connectivity index (χ0n) is 18.5. The molecule has 0 aliphatic carbocycles. The van der Waals surface area contributed by atoms with Gasteiger partial charge in [-0.05, 0) is 44.2 Å². The van der Waals surface area contributed by atoms with E-state index in [1.165, 1.54) is 30.3 Å². The molecular formula is C24H19FN4O6. The van der Waals surface area contributed by atoms with Gasteiger partial charge in [0.05, 0.1) is 22.5 Å². The molecule has 0 radical (unpaired) electrons. The van der Waals surface area contributed by atoms with Crippen LogP contribution in [0.15, 0.2) is 42.5 Å². The highest BCUT2D eigenvalue weighted by Crippen LogP contribution is 2.36. The second-order valence-electron chi connectivity index (χ2n) is 7.65. The smallest absolute Gasteiger partial charge is 0.449 e. The number of nitrogens with one attached hydrogen (secondary N) is 4. The summed E-state index contributed by atoms with van der Waals surface area (Å²) < 4.78 is 18.5. The summed E-state index contributed by atoms with van der Waals surface area (Å²) >= 11 is 0. The van der Waals surface area contributed by atoms with Gasteiger partial charge in [0.1, 0.15) is 5.82 Å². The van der Waals surface area contributed by atoms with Gasteiger partial charge in [-0.1, -0.05) is 18.2 Å². The minimum absolute atomic E-state index is 0.165. The predicted molar refractivity (Wildman–Crippen MR) is 125 cm³/mol. The van der Waals surface area contributed by atoms with Crippen molar-refractivity contribution in [3.8, 4) is 5.75 Å². The fourth-order valence-electron chi connectivity index (χ4n) is 3.68. The van der Waals surface area contributed by atoms with E-state index in [0.717, 1.165) is 6.07 Å². The van der Waals surface area contributed by atoms with Gasteiger partial charge in [-0.15, -0.1) is 0 Å². The maximum absolute atomic E-state index is 13.7. The van der Waals surface area contributed by atoms with Crippen LogP contribution in [0.2, 0.25) is 0 Å². The zero-order valence-corrected chi connectivity index (χ0v) is 18.5. The van der Waals surface area contributed by atoms with Crippen molar-refractivity contribution in [2.24, 2.45) is 0 Å². The van der Waals surface area contributed by atoms with Crippen LogP contribution in [0.3, 0.4) is 0 Å². The SMILES string of the molecule is Cc1[nH]c(/C=C2\C(=O)Nc3cc(NC(=O)NC(=O)c4ccccc4F)ccc32)c(C)c1OC(=O)O. The highest BCUT2D eigenvalue weighted by Gasteiger charge is 2.26. The minimum atomic E-state index is -1.45. The molecule has 1 aliphatic rings. The second-order valence-corrected chi connectivity index (χ2v) is 7.65. The number of ether oxygens (including phenoxy) is 1. The number of H-pyrrole nitrogens is 1. The third kappa shape index (κ3) is 4.74. The number of halogens is 1. The van der Waals surface area contributed by atoms with Gasteiger partial charge in [0.15, 0.2) is 5.75 Å². The second kappa shape index (κ2) is 9.14. The third-order valence-electron chi connectivity index (χ3n) is 5.29. The summed E-state index contributed by atoms with van der Waals surface area (Å²) in [6.45, 7) is 3.31. The Morgan fingerprint density at radius 1 is 1.11 bits per heavy atom. The fourth-order valence-corrected chi connectivity index (χ4v) is 3.68. The van der Waals surface area contributed by atoms with Crippen LogP contribution in [0, 0.1) is 19.7 Å². The number of anilines is 2. The molecule has 0 saturated heterocycles. The van der Waals surface area contributed by atoms with Crippen molar-refractivity contribution in [2.45, 2.75) is 13.8 Å². The van der Waals surface area contributed by atoms with Crippen molar-refractivity contribution < 1.29 is 33.4 Å². The van der Waals surface area contributed by atoms with Gasteiger partial charge in [0.2, 0.25) is 0 Å². The average Bonchev–Trinajstić information content (AvgIpc) is 3.23. The lowest BCUT2D eigenvalue weighted by Crippen LogP contribution is -2.34. The summed E-state index contributed by atoms with van der Waals surface area (Å²) in [7, 11) is 0. The zero-order chi connectivity index (χ0) is 25.3. The molecule has 35 heavy (non-hydrogen) atoms. The Bertz CT molecular complexity index is 1430. The molecule has 5 N–H and O–H groups in total. The van der Waals surface area contributed by atoms with Crippen LogP contribution in [0.1, 0.15) is 32.9 Å². The van der Waals surface area contributed by atoms with Crippen LogP contribution in [-0.2, 0) is 4.79 Å². The maximum Gasteiger partial charge on any atom is 0.511 e. The van der Waals surface area contributed by atoms with Crippen LogP contribution >= 0.6 is 0 Å². The maximum atomic E-state index is 13.7. The summed E-state index contributed by atoms with van der Waals surface area (Å²) in [4.78, 5) is 50.8. The summed E-state index contributed by atoms with van der Waals surface area (Å²) in [6, 6.07) is 9.03. The standard InChI is InChI=1S/C24H19FN4O6/c1-11-18(26-12(2)20(11)35-24(33)34)10-16-14-8-7-13(9-19(14)28-22(16)31)27-23(32)29-21(30)15-5-3-4-6-17(15)25/h3-10,26H,1-2H3,(H,28,31)(H,33,34)(H2,27,29,30,32)/b16-10-. The van der Waals surface area contributed by atoms with Crippen molar-refractivity contribution in [2.75, 3.05) is 10.6 Å². The number of carbonyl (C=O) groups is 4. The summed E-state index contributed by atoms with van der Waals surface area (Å²) in [6.07, 6.45) is 0.128. The first kappa shape index (κ1) is 23.2. The molecule has 0 saturated carbocycles. The molecule has 0 unspecified atom stereocenters. The molecule has 178 valence electrons. The number of fused-ring (bicyclic) bond motifs is 1. The van der Waals surface area contributed by atoms with Crippen molar-refractivity contribution in [1.82, 2.24) is 10.3 Å². The van der Waals surface area contributed by atoms with Crippen molar-refractivity contribution in [1.29, 1.82) is 0 Å². The first-order valence-electron chi connectivity index (χ1n) is 10.3. The van der Waals surface area contributed by atoms with E-state index in [-0.39, 0.29) is 17.0 Å². The Hall–Kier alpha value is -4.93. The highest BCUT2D eigenvalue weighted by atomic mass is 19.1. The normalized spacial score (nSPS) is 13.2. The minimum Gasteiger partial charge on any atom is -0.449 e.